The summed E-state index contributed by atoms with van der Waals surface area (Å²) in [6, 6.07) is 7.22. The van der Waals surface area contributed by atoms with Crippen LogP contribution in [0.1, 0.15) is 12.8 Å². The number of hydrogen-bond acceptors (Lipinski definition) is 5. The third-order valence-electron chi connectivity index (χ3n) is 3.83. The summed E-state index contributed by atoms with van der Waals surface area (Å²) in [5.41, 5.74) is 0.552. The molecule has 1 aliphatic heterocycles. The molecule has 1 aliphatic rings. The van der Waals surface area contributed by atoms with E-state index >= 15 is 0 Å². The molecular formula is C16H19N3O3S. The van der Waals surface area contributed by atoms with Gasteiger partial charge in [-0.3, -0.25) is 14.2 Å². The molecule has 1 saturated heterocycles. The molecular weight excluding hydrogens is 314 g/mol. The average Bonchev–Trinajstić information content (AvgIpc) is 3.08. The van der Waals surface area contributed by atoms with E-state index in [0.717, 1.165) is 19.4 Å². The van der Waals surface area contributed by atoms with E-state index in [9.17, 15) is 9.59 Å². The highest BCUT2D eigenvalue weighted by molar-refractivity contribution is 7.99. The molecule has 2 aromatic rings. The maximum absolute atomic E-state index is 12.3. The third kappa shape index (κ3) is 3.73. The Morgan fingerprint density at radius 1 is 1.48 bits per heavy atom. The molecule has 1 amide bonds. The lowest BCUT2D eigenvalue weighted by atomic mass is 10.2. The fourth-order valence-electron chi connectivity index (χ4n) is 2.54. The van der Waals surface area contributed by atoms with E-state index in [2.05, 4.69) is 10.3 Å². The van der Waals surface area contributed by atoms with Crippen LogP contribution in [0.5, 0.6) is 0 Å². The van der Waals surface area contributed by atoms with Gasteiger partial charge >= 0.3 is 0 Å². The number of fused-ring (bicyclic) bond motifs is 1. The molecule has 0 unspecified atom stereocenters. The number of nitrogens with one attached hydrogen (secondary N) is 1. The van der Waals surface area contributed by atoms with Crippen molar-refractivity contribution in [2.75, 3.05) is 18.9 Å². The number of thioether (sulfide) groups is 1. The third-order valence-corrected chi connectivity index (χ3v) is 4.86. The van der Waals surface area contributed by atoms with E-state index < -0.39 is 0 Å². The molecule has 1 atom stereocenters. The zero-order valence-electron chi connectivity index (χ0n) is 12.9. The number of rotatable bonds is 5. The Morgan fingerprint density at radius 2 is 2.30 bits per heavy atom. The summed E-state index contributed by atoms with van der Waals surface area (Å²) in [7, 11) is 1.67. The second-order valence-corrected chi connectivity index (χ2v) is 6.45. The highest BCUT2D eigenvalue weighted by Crippen LogP contribution is 2.16. The van der Waals surface area contributed by atoms with Gasteiger partial charge in [0.25, 0.3) is 5.56 Å². The molecule has 0 spiro atoms. The van der Waals surface area contributed by atoms with Crippen molar-refractivity contribution in [1.82, 2.24) is 14.9 Å². The first-order valence-electron chi connectivity index (χ1n) is 7.62. The molecule has 1 aromatic carbocycles. The van der Waals surface area contributed by atoms with Crippen molar-refractivity contribution in [3.05, 3.63) is 34.6 Å². The predicted molar refractivity (Wildman–Crippen MR) is 89.7 cm³/mol. The summed E-state index contributed by atoms with van der Waals surface area (Å²) in [5.74, 6) is 0.152. The Labute approximate surface area is 138 Å². The molecule has 1 N–H and O–H groups in total. The molecule has 122 valence electrons. The largest absolute Gasteiger partial charge is 0.376 e. The monoisotopic (exact) mass is 333 g/mol. The number of aromatic nitrogens is 2. The number of carbonyl (C=O) groups excluding carboxylic acids is 1. The summed E-state index contributed by atoms with van der Waals surface area (Å²) in [4.78, 5) is 28.7. The SMILES string of the molecule is Cn1c(SCC(=O)NC[C@@H]2CCCO2)nc2ccccc2c1=O. The molecule has 0 bridgehead atoms. The smallest absolute Gasteiger partial charge is 0.261 e. The predicted octanol–water partition coefficient (Wildman–Crippen LogP) is 1.32. The van der Waals surface area contributed by atoms with Gasteiger partial charge in [0.2, 0.25) is 5.91 Å². The summed E-state index contributed by atoms with van der Waals surface area (Å²) >= 11 is 1.27. The summed E-state index contributed by atoms with van der Waals surface area (Å²) in [6.07, 6.45) is 2.18. The quantitative estimate of drug-likeness (QED) is 0.660. The van der Waals surface area contributed by atoms with Gasteiger partial charge in [-0.1, -0.05) is 23.9 Å². The highest BCUT2D eigenvalue weighted by atomic mass is 32.2. The number of benzene rings is 1. The first kappa shape index (κ1) is 16.0. The number of amides is 1. The minimum atomic E-state index is -0.0992. The fraction of sp³-hybridized carbons (Fsp3) is 0.438. The van der Waals surface area contributed by atoms with E-state index in [1.807, 2.05) is 12.1 Å². The Morgan fingerprint density at radius 3 is 3.09 bits per heavy atom. The maximum atomic E-state index is 12.3. The number of hydrogen-bond donors (Lipinski definition) is 1. The molecule has 6 nitrogen and oxygen atoms in total. The van der Waals surface area contributed by atoms with Crippen molar-refractivity contribution >= 4 is 28.6 Å². The molecule has 0 radical (unpaired) electrons. The Hall–Kier alpha value is -1.86. The van der Waals surface area contributed by atoms with E-state index in [1.165, 1.54) is 16.3 Å². The van der Waals surface area contributed by atoms with Crippen LogP contribution in [0.15, 0.2) is 34.2 Å². The Kier molecular flexibility index (Phi) is 4.97. The lowest BCUT2D eigenvalue weighted by Crippen LogP contribution is -2.33. The minimum Gasteiger partial charge on any atom is -0.376 e. The molecule has 1 aromatic heterocycles. The Bertz CT molecular complexity index is 769. The van der Waals surface area contributed by atoms with Crippen molar-refractivity contribution in [1.29, 1.82) is 0 Å². The van der Waals surface area contributed by atoms with E-state index in [1.54, 1.807) is 19.2 Å². The van der Waals surface area contributed by atoms with Crippen LogP contribution >= 0.6 is 11.8 Å². The second kappa shape index (κ2) is 7.14. The molecule has 23 heavy (non-hydrogen) atoms. The van der Waals surface area contributed by atoms with Gasteiger partial charge in [0.05, 0.1) is 22.8 Å². The summed E-state index contributed by atoms with van der Waals surface area (Å²) < 4.78 is 6.96. The van der Waals surface area contributed by atoms with E-state index in [0.29, 0.717) is 22.6 Å². The van der Waals surface area contributed by atoms with E-state index in [4.69, 9.17) is 4.74 Å². The van der Waals surface area contributed by atoms with Crippen molar-refractivity contribution in [2.24, 2.45) is 7.05 Å². The lowest BCUT2D eigenvalue weighted by Gasteiger charge is -2.11. The second-order valence-electron chi connectivity index (χ2n) is 5.50. The Balaban J connectivity index is 1.63. The highest BCUT2D eigenvalue weighted by Gasteiger charge is 2.16. The van der Waals surface area contributed by atoms with Gasteiger partial charge in [-0.15, -0.1) is 0 Å². The molecule has 0 saturated carbocycles. The molecule has 2 heterocycles. The maximum Gasteiger partial charge on any atom is 0.261 e. The zero-order chi connectivity index (χ0) is 16.2. The van der Waals surface area contributed by atoms with Crippen molar-refractivity contribution in [3.63, 3.8) is 0 Å². The van der Waals surface area contributed by atoms with Crippen LogP contribution in [0.25, 0.3) is 10.9 Å². The summed E-state index contributed by atoms with van der Waals surface area (Å²) in [6.45, 7) is 1.32. The molecule has 7 heteroatoms. The molecule has 0 aliphatic carbocycles. The number of para-hydroxylation sites is 1. The van der Waals surface area contributed by atoms with Crippen LogP contribution < -0.4 is 10.9 Å². The van der Waals surface area contributed by atoms with Crippen molar-refractivity contribution < 1.29 is 9.53 Å². The van der Waals surface area contributed by atoms with Gasteiger partial charge in [0.1, 0.15) is 0 Å². The van der Waals surface area contributed by atoms with Gasteiger partial charge in [0.15, 0.2) is 5.16 Å². The first-order valence-corrected chi connectivity index (χ1v) is 8.60. The molecule has 3 rings (SSSR count). The van der Waals surface area contributed by atoms with E-state index in [-0.39, 0.29) is 23.3 Å². The van der Waals surface area contributed by atoms with Crippen LogP contribution in [0.2, 0.25) is 0 Å². The molecule has 1 fully saturated rings. The summed E-state index contributed by atoms with van der Waals surface area (Å²) in [5, 5.41) is 3.99. The minimum absolute atomic E-state index is 0.0760. The van der Waals surface area contributed by atoms with Gasteiger partial charge in [-0.05, 0) is 25.0 Å². The van der Waals surface area contributed by atoms with Crippen LogP contribution in [-0.2, 0) is 16.6 Å². The van der Waals surface area contributed by atoms with Crippen LogP contribution in [0.3, 0.4) is 0 Å². The van der Waals surface area contributed by atoms with Crippen LogP contribution in [-0.4, -0.2) is 40.5 Å². The fourth-order valence-corrected chi connectivity index (χ4v) is 3.34. The van der Waals surface area contributed by atoms with Gasteiger partial charge in [0, 0.05) is 20.2 Å². The average molecular weight is 333 g/mol. The topological polar surface area (TPSA) is 73.2 Å². The first-order chi connectivity index (χ1) is 11.1. The van der Waals surface area contributed by atoms with Crippen LogP contribution in [0.4, 0.5) is 0 Å². The van der Waals surface area contributed by atoms with Crippen molar-refractivity contribution in [3.8, 4) is 0 Å². The van der Waals surface area contributed by atoms with Gasteiger partial charge in [-0.25, -0.2) is 4.98 Å². The zero-order valence-corrected chi connectivity index (χ0v) is 13.8. The van der Waals surface area contributed by atoms with Gasteiger partial charge in [-0.2, -0.15) is 0 Å². The lowest BCUT2D eigenvalue weighted by molar-refractivity contribution is -0.119. The van der Waals surface area contributed by atoms with Crippen LogP contribution in [0, 0.1) is 0 Å². The van der Waals surface area contributed by atoms with Crippen molar-refractivity contribution in [2.45, 2.75) is 24.1 Å². The standard InChI is InChI=1S/C16H19N3O3S/c1-19-15(21)12-6-2-3-7-13(12)18-16(19)23-10-14(20)17-9-11-5-4-8-22-11/h2-3,6-7,11H,4-5,8-10H2,1H3,(H,17,20)/t11-/m0/s1. The van der Waals surface area contributed by atoms with Gasteiger partial charge < -0.3 is 10.1 Å². The number of nitrogens with zero attached hydrogens (tertiary/aromatic N) is 2. The number of carbonyl (C=O) groups is 1. The normalized spacial score (nSPS) is 17.5. The number of ether oxygens (including phenoxy) is 1.